The number of nitrogens with zero attached hydrogens (tertiary/aromatic N) is 6. The number of anilines is 1. The lowest BCUT2D eigenvalue weighted by Crippen LogP contribution is -2.32. The molecule has 1 fully saturated rings. The van der Waals surface area contributed by atoms with Gasteiger partial charge in [0, 0.05) is 19.3 Å². The smallest absolute Gasteiger partial charge is 0.255 e. The van der Waals surface area contributed by atoms with Crippen LogP contribution < -0.4 is 10.2 Å². The molecule has 0 aromatic carbocycles. The second-order valence-corrected chi connectivity index (χ2v) is 6.45. The van der Waals surface area contributed by atoms with E-state index in [4.69, 9.17) is 0 Å². The van der Waals surface area contributed by atoms with Gasteiger partial charge in [-0.2, -0.15) is 5.10 Å². The van der Waals surface area contributed by atoms with Crippen LogP contribution in [-0.4, -0.2) is 43.6 Å². The Morgan fingerprint density at radius 3 is 2.85 bits per heavy atom. The molecule has 0 spiro atoms. The van der Waals surface area contributed by atoms with Crippen molar-refractivity contribution in [3.8, 4) is 0 Å². The van der Waals surface area contributed by atoms with Gasteiger partial charge in [-0.25, -0.2) is 19.5 Å². The first kappa shape index (κ1) is 16.4. The van der Waals surface area contributed by atoms with Crippen molar-refractivity contribution in [1.82, 2.24) is 29.9 Å². The van der Waals surface area contributed by atoms with Crippen molar-refractivity contribution in [2.45, 2.75) is 32.7 Å². The van der Waals surface area contributed by atoms with Crippen LogP contribution in [0.25, 0.3) is 5.65 Å². The van der Waals surface area contributed by atoms with Crippen molar-refractivity contribution >= 4 is 17.5 Å². The van der Waals surface area contributed by atoms with E-state index in [9.17, 15) is 4.79 Å². The molecular weight excluding hydrogens is 330 g/mol. The lowest BCUT2D eigenvalue weighted by atomic mass is 10.1. The Labute approximate surface area is 151 Å². The number of amides is 1. The molecule has 0 radical (unpaired) electrons. The molecule has 1 amide bonds. The first-order valence-electron chi connectivity index (χ1n) is 8.87. The molecule has 0 unspecified atom stereocenters. The summed E-state index contributed by atoms with van der Waals surface area (Å²) in [7, 11) is 0. The molecule has 1 aliphatic heterocycles. The average molecular weight is 351 g/mol. The predicted octanol–water partition coefficient (Wildman–Crippen LogP) is 1.75. The quantitative estimate of drug-likeness (QED) is 0.770. The van der Waals surface area contributed by atoms with E-state index in [-0.39, 0.29) is 5.91 Å². The standard InChI is InChI=1S/C18H21N7O/c1-13-15(11-20-18(23-13)24-8-3-2-4-9-24)17(26)19-10-14-6-5-7-16-21-12-22-25(14)16/h5-7,11-12H,2-4,8-10H2,1H3,(H,19,26). The summed E-state index contributed by atoms with van der Waals surface area (Å²) in [5, 5.41) is 7.09. The molecule has 3 aromatic rings. The second kappa shape index (κ2) is 7.07. The summed E-state index contributed by atoms with van der Waals surface area (Å²) in [6.45, 7) is 4.16. The number of fused-ring (bicyclic) bond motifs is 1. The Balaban J connectivity index is 1.47. The van der Waals surface area contributed by atoms with E-state index in [2.05, 4.69) is 30.3 Å². The SMILES string of the molecule is Cc1nc(N2CCCCC2)ncc1C(=O)NCc1cccc2ncnn12. The third-order valence-corrected chi connectivity index (χ3v) is 4.66. The minimum Gasteiger partial charge on any atom is -0.346 e. The summed E-state index contributed by atoms with van der Waals surface area (Å²) in [6.07, 6.45) is 6.71. The van der Waals surface area contributed by atoms with Crippen LogP contribution in [0, 0.1) is 6.92 Å². The van der Waals surface area contributed by atoms with Gasteiger partial charge in [0.2, 0.25) is 5.95 Å². The van der Waals surface area contributed by atoms with Gasteiger partial charge < -0.3 is 10.2 Å². The number of hydrogen-bond acceptors (Lipinski definition) is 6. The zero-order valence-electron chi connectivity index (χ0n) is 14.7. The molecule has 3 aromatic heterocycles. The Morgan fingerprint density at radius 1 is 1.19 bits per heavy atom. The highest BCUT2D eigenvalue weighted by atomic mass is 16.1. The summed E-state index contributed by atoms with van der Waals surface area (Å²) in [6, 6.07) is 5.67. The Hall–Kier alpha value is -3.03. The Morgan fingerprint density at radius 2 is 2.04 bits per heavy atom. The molecule has 1 N–H and O–H groups in total. The number of aryl methyl sites for hydroxylation is 1. The van der Waals surface area contributed by atoms with E-state index >= 15 is 0 Å². The normalized spacial score (nSPS) is 14.6. The molecule has 0 saturated carbocycles. The van der Waals surface area contributed by atoms with Crippen LogP contribution in [0.4, 0.5) is 5.95 Å². The fraction of sp³-hybridized carbons (Fsp3) is 0.389. The largest absolute Gasteiger partial charge is 0.346 e. The number of nitrogens with one attached hydrogen (secondary N) is 1. The van der Waals surface area contributed by atoms with Gasteiger partial charge in [0.05, 0.1) is 23.5 Å². The fourth-order valence-corrected chi connectivity index (χ4v) is 3.23. The number of piperidine rings is 1. The van der Waals surface area contributed by atoms with Crippen molar-refractivity contribution in [3.63, 3.8) is 0 Å². The van der Waals surface area contributed by atoms with Gasteiger partial charge in [-0.1, -0.05) is 6.07 Å². The lowest BCUT2D eigenvalue weighted by Gasteiger charge is -2.26. The zero-order valence-corrected chi connectivity index (χ0v) is 14.7. The summed E-state index contributed by atoms with van der Waals surface area (Å²) in [5.41, 5.74) is 2.80. The van der Waals surface area contributed by atoms with Crippen LogP contribution in [-0.2, 0) is 6.54 Å². The lowest BCUT2D eigenvalue weighted by molar-refractivity contribution is 0.0949. The third-order valence-electron chi connectivity index (χ3n) is 4.66. The van der Waals surface area contributed by atoms with E-state index in [0.29, 0.717) is 23.8 Å². The minimum absolute atomic E-state index is 0.190. The molecule has 8 nitrogen and oxygen atoms in total. The second-order valence-electron chi connectivity index (χ2n) is 6.45. The monoisotopic (exact) mass is 351 g/mol. The average Bonchev–Trinajstić information content (AvgIpc) is 3.16. The third kappa shape index (κ3) is 3.22. The van der Waals surface area contributed by atoms with Crippen LogP contribution in [0.5, 0.6) is 0 Å². The highest BCUT2D eigenvalue weighted by Crippen LogP contribution is 2.17. The highest BCUT2D eigenvalue weighted by molar-refractivity contribution is 5.94. The number of carbonyl (C=O) groups is 1. The highest BCUT2D eigenvalue weighted by Gasteiger charge is 2.17. The fourth-order valence-electron chi connectivity index (χ4n) is 3.23. The van der Waals surface area contributed by atoms with Crippen molar-refractivity contribution in [3.05, 3.63) is 47.7 Å². The molecule has 4 heterocycles. The molecule has 134 valence electrons. The predicted molar refractivity (Wildman–Crippen MR) is 97.0 cm³/mol. The van der Waals surface area contributed by atoms with E-state index < -0.39 is 0 Å². The summed E-state index contributed by atoms with van der Waals surface area (Å²) < 4.78 is 1.71. The molecule has 0 aliphatic carbocycles. The number of rotatable bonds is 4. The van der Waals surface area contributed by atoms with Crippen molar-refractivity contribution in [2.75, 3.05) is 18.0 Å². The molecule has 4 rings (SSSR count). The van der Waals surface area contributed by atoms with Gasteiger partial charge in [-0.3, -0.25) is 4.79 Å². The molecule has 8 heteroatoms. The number of aromatic nitrogens is 5. The van der Waals surface area contributed by atoms with Crippen LogP contribution in [0.2, 0.25) is 0 Å². The minimum atomic E-state index is -0.190. The summed E-state index contributed by atoms with van der Waals surface area (Å²) >= 11 is 0. The Bertz CT molecular complexity index is 930. The summed E-state index contributed by atoms with van der Waals surface area (Å²) in [4.78, 5) is 27.8. The summed E-state index contributed by atoms with van der Waals surface area (Å²) in [5.74, 6) is 0.524. The molecule has 0 bridgehead atoms. The van der Waals surface area contributed by atoms with E-state index in [1.165, 1.54) is 25.6 Å². The van der Waals surface area contributed by atoms with Gasteiger partial charge >= 0.3 is 0 Å². The van der Waals surface area contributed by atoms with Crippen LogP contribution >= 0.6 is 0 Å². The first-order chi connectivity index (χ1) is 12.7. The van der Waals surface area contributed by atoms with E-state index in [0.717, 1.165) is 24.4 Å². The van der Waals surface area contributed by atoms with Crippen LogP contribution in [0.1, 0.15) is 41.0 Å². The molecular formula is C18H21N7O. The topological polar surface area (TPSA) is 88.3 Å². The van der Waals surface area contributed by atoms with Gasteiger partial charge in [0.1, 0.15) is 6.33 Å². The number of hydrogen-bond donors (Lipinski definition) is 1. The van der Waals surface area contributed by atoms with Crippen LogP contribution in [0.15, 0.2) is 30.7 Å². The van der Waals surface area contributed by atoms with Crippen LogP contribution in [0.3, 0.4) is 0 Å². The molecule has 1 saturated heterocycles. The first-order valence-corrected chi connectivity index (χ1v) is 8.87. The number of pyridine rings is 1. The molecule has 1 aliphatic rings. The van der Waals surface area contributed by atoms with E-state index in [1.807, 2.05) is 25.1 Å². The van der Waals surface area contributed by atoms with Gasteiger partial charge in [0.25, 0.3) is 5.91 Å². The van der Waals surface area contributed by atoms with Gasteiger partial charge in [0.15, 0.2) is 5.65 Å². The zero-order chi connectivity index (χ0) is 17.9. The van der Waals surface area contributed by atoms with Crippen molar-refractivity contribution in [2.24, 2.45) is 0 Å². The maximum atomic E-state index is 12.6. The van der Waals surface area contributed by atoms with E-state index in [1.54, 1.807) is 10.7 Å². The number of carbonyl (C=O) groups excluding carboxylic acids is 1. The Kier molecular flexibility index (Phi) is 4.47. The molecule has 26 heavy (non-hydrogen) atoms. The van der Waals surface area contributed by atoms with Crippen molar-refractivity contribution in [1.29, 1.82) is 0 Å². The molecule has 0 atom stereocenters. The maximum absolute atomic E-state index is 12.6. The van der Waals surface area contributed by atoms with Crippen molar-refractivity contribution < 1.29 is 4.79 Å². The van der Waals surface area contributed by atoms with Gasteiger partial charge in [-0.05, 0) is 38.3 Å². The maximum Gasteiger partial charge on any atom is 0.255 e. The van der Waals surface area contributed by atoms with Gasteiger partial charge in [-0.15, -0.1) is 0 Å².